The molecule has 1 rings (SSSR count). The highest BCUT2D eigenvalue weighted by Crippen LogP contribution is 2.29. The molecule has 1 aromatic rings. The third kappa shape index (κ3) is 10.9. The van der Waals surface area contributed by atoms with Gasteiger partial charge in [-0.05, 0) is 56.8 Å². The van der Waals surface area contributed by atoms with Gasteiger partial charge in [0, 0.05) is 8.95 Å². The van der Waals surface area contributed by atoms with Crippen LogP contribution in [0.5, 0.6) is 0 Å². The lowest BCUT2D eigenvalue weighted by molar-refractivity contribution is 0.0481. The van der Waals surface area contributed by atoms with Crippen LogP contribution in [0, 0.1) is 0 Å². The number of halogens is 2. The highest BCUT2D eigenvalue weighted by molar-refractivity contribution is 9.11. The normalized spacial score (nSPS) is 10.8. The molecule has 0 radical (unpaired) electrons. The number of benzene rings is 1. The minimum Gasteiger partial charge on any atom is -0.462 e. The van der Waals surface area contributed by atoms with E-state index in [0.29, 0.717) is 33.3 Å². The summed E-state index contributed by atoms with van der Waals surface area (Å²) in [6, 6.07) is 3.24. The second kappa shape index (κ2) is 16.8. The number of hydrogen-bond acceptors (Lipinski definition) is 4. The van der Waals surface area contributed by atoms with Crippen molar-refractivity contribution >= 4 is 43.8 Å². The quantitative estimate of drug-likeness (QED) is 0.154. The van der Waals surface area contributed by atoms with E-state index in [1.807, 2.05) is 0 Å². The summed E-state index contributed by atoms with van der Waals surface area (Å²) >= 11 is 6.79. The van der Waals surface area contributed by atoms with Crippen LogP contribution in [0.15, 0.2) is 21.1 Å². The van der Waals surface area contributed by atoms with Crippen molar-refractivity contribution in [2.45, 2.75) is 90.9 Å². The molecule has 30 heavy (non-hydrogen) atoms. The van der Waals surface area contributed by atoms with E-state index in [1.54, 1.807) is 12.1 Å². The zero-order valence-electron chi connectivity index (χ0n) is 18.4. The Balaban J connectivity index is 2.44. The first-order valence-corrected chi connectivity index (χ1v) is 12.9. The molecule has 0 heterocycles. The maximum atomic E-state index is 12.4. The lowest BCUT2D eigenvalue weighted by atomic mass is 10.1. The number of ether oxygens (including phenoxy) is 2. The van der Waals surface area contributed by atoms with Crippen LogP contribution < -0.4 is 0 Å². The number of hydrogen-bond donors (Lipinski definition) is 0. The van der Waals surface area contributed by atoms with E-state index in [0.717, 1.165) is 25.7 Å². The Morgan fingerprint density at radius 1 is 0.667 bits per heavy atom. The fraction of sp³-hybridized carbons (Fsp3) is 0.667. The van der Waals surface area contributed by atoms with Gasteiger partial charge in [0.15, 0.2) is 0 Å². The third-order valence-corrected chi connectivity index (χ3v) is 6.19. The second-order valence-electron chi connectivity index (χ2n) is 7.62. The molecule has 6 heteroatoms. The molecular formula is C24H36Br2O4. The van der Waals surface area contributed by atoms with Crippen LogP contribution >= 0.6 is 31.9 Å². The van der Waals surface area contributed by atoms with Gasteiger partial charge in [0.1, 0.15) is 0 Å². The number of rotatable bonds is 16. The molecule has 0 bridgehead atoms. The molecule has 0 spiro atoms. The zero-order chi connectivity index (χ0) is 22.2. The number of carbonyl (C=O) groups excluding carboxylic acids is 2. The summed E-state index contributed by atoms with van der Waals surface area (Å²) in [5, 5.41) is 0. The standard InChI is InChI=1S/C24H36Br2O4/c1-3-5-7-9-11-13-15-29-23(27)19-17-20(25)22(21(26)18-19)24(28)30-16-14-12-10-8-6-4-2/h17-18H,3-16H2,1-2H3. The summed E-state index contributed by atoms with van der Waals surface area (Å²) in [4.78, 5) is 24.7. The fourth-order valence-corrected chi connectivity index (χ4v) is 4.65. The van der Waals surface area contributed by atoms with Gasteiger partial charge in [0.05, 0.1) is 24.3 Å². The van der Waals surface area contributed by atoms with Gasteiger partial charge in [-0.25, -0.2) is 9.59 Å². The van der Waals surface area contributed by atoms with Gasteiger partial charge in [-0.3, -0.25) is 0 Å². The summed E-state index contributed by atoms with van der Waals surface area (Å²) in [6.07, 6.45) is 13.7. The first-order chi connectivity index (χ1) is 14.5. The van der Waals surface area contributed by atoms with Crippen LogP contribution in [0.1, 0.15) is 112 Å². The minimum absolute atomic E-state index is 0.378. The molecule has 0 saturated carbocycles. The van der Waals surface area contributed by atoms with Gasteiger partial charge in [0.2, 0.25) is 0 Å². The topological polar surface area (TPSA) is 52.6 Å². The van der Waals surface area contributed by atoms with Crippen LogP contribution in [-0.4, -0.2) is 25.2 Å². The van der Waals surface area contributed by atoms with E-state index in [4.69, 9.17) is 9.47 Å². The van der Waals surface area contributed by atoms with Crippen LogP contribution in [0.4, 0.5) is 0 Å². The Labute approximate surface area is 198 Å². The predicted molar refractivity (Wildman–Crippen MR) is 129 cm³/mol. The van der Waals surface area contributed by atoms with E-state index < -0.39 is 5.97 Å². The Hall–Kier alpha value is -0.880. The first kappa shape index (κ1) is 27.2. The molecular weight excluding hydrogens is 512 g/mol. The summed E-state index contributed by atoms with van der Waals surface area (Å²) in [5.74, 6) is -0.772. The molecule has 0 unspecified atom stereocenters. The molecule has 0 atom stereocenters. The lowest BCUT2D eigenvalue weighted by Gasteiger charge is -2.11. The van der Waals surface area contributed by atoms with Gasteiger partial charge in [-0.1, -0.05) is 78.1 Å². The van der Waals surface area contributed by atoms with Crippen molar-refractivity contribution in [3.63, 3.8) is 0 Å². The highest BCUT2D eigenvalue weighted by atomic mass is 79.9. The minimum atomic E-state index is -0.394. The second-order valence-corrected chi connectivity index (χ2v) is 9.33. The van der Waals surface area contributed by atoms with Crippen LogP contribution in [0.3, 0.4) is 0 Å². The van der Waals surface area contributed by atoms with Crippen LogP contribution in [0.2, 0.25) is 0 Å². The van der Waals surface area contributed by atoms with Crippen molar-refractivity contribution in [1.29, 1.82) is 0 Å². The van der Waals surface area contributed by atoms with Crippen molar-refractivity contribution in [2.75, 3.05) is 13.2 Å². The Kier molecular flexibility index (Phi) is 15.2. The SMILES string of the molecule is CCCCCCCCOC(=O)c1cc(Br)c(C(=O)OCCCCCCCC)c(Br)c1. The Morgan fingerprint density at radius 2 is 1.07 bits per heavy atom. The molecule has 0 saturated heterocycles. The van der Waals surface area contributed by atoms with Crippen LogP contribution in [0.25, 0.3) is 0 Å². The average Bonchev–Trinajstić information content (AvgIpc) is 2.71. The van der Waals surface area contributed by atoms with Crippen molar-refractivity contribution < 1.29 is 19.1 Å². The molecule has 0 aliphatic heterocycles. The van der Waals surface area contributed by atoms with Gasteiger partial charge in [0.25, 0.3) is 0 Å². The number of esters is 2. The van der Waals surface area contributed by atoms with Gasteiger partial charge >= 0.3 is 11.9 Å². The van der Waals surface area contributed by atoms with E-state index in [2.05, 4.69) is 45.7 Å². The van der Waals surface area contributed by atoms with Crippen molar-refractivity contribution in [1.82, 2.24) is 0 Å². The maximum absolute atomic E-state index is 12.4. The van der Waals surface area contributed by atoms with E-state index >= 15 is 0 Å². The van der Waals surface area contributed by atoms with E-state index in [-0.39, 0.29) is 5.97 Å². The largest absolute Gasteiger partial charge is 0.462 e. The molecule has 0 N–H and O–H groups in total. The lowest BCUT2D eigenvalue weighted by Crippen LogP contribution is -2.11. The predicted octanol–water partition coefficient (Wildman–Crippen LogP) is 8.25. The zero-order valence-corrected chi connectivity index (χ0v) is 21.6. The number of carbonyl (C=O) groups is 2. The summed E-state index contributed by atoms with van der Waals surface area (Å²) in [6.45, 7) is 5.21. The third-order valence-electron chi connectivity index (χ3n) is 4.94. The summed E-state index contributed by atoms with van der Waals surface area (Å²) in [7, 11) is 0. The van der Waals surface area contributed by atoms with Gasteiger partial charge < -0.3 is 9.47 Å². The molecule has 4 nitrogen and oxygen atoms in total. The molecule has 0 amide bonds. The summed E-state index contributed by atoms with van der Waals surface area (Å²) in [5.41, 5.74) is 0.806. The van der Waals surface area contributed by atoms with Crippen LogP contribution in [-0.2, 0) is 9.47 Å². The van der Waals surface area contributed by atoms with E-state index in [1.165, 1.54) is 51.4 Å². The van der Waals surface area contributed by atoms with Gasteiger partial charge in [-0.2, -0.15) is 0 Å². The smallest absolute Gasteiger partial charge is 0.340 e. The molecule has 0 aliphatic carbocycles. The molecule has 0 aliphatic rings. The van der Waals surface area contributed by atoms with Crippen molar-refractivity contribution in [3.8, 4) is 0 Å². The van der Waals surface area contributed by atoms with E-state index in [9.17, 15) is 9.59 Å². The fourth-order valence-electron chi connectivity index (χ4n) is 3.14. The maximum Gasteiger partial charge on any atom is 0.340 e. The molecule has 0 fully saturated rings. The molecule has 170 valence electrons. The Bertz CT molecular complexity index is 623. The molecule has 1 aromatic carbocycles. The number of unbranched alkanes of at least 4 members (excludes halogenated alkanes) is 10. The van der Waals surface area contributed by atoms with Crippen molar-refractivity contribution in [3.05, 3.63) is 32.2 Å². The van der Waals surface area contributed by atoms with Gasteiger partial charge in [-0.15, -0.1) is 0 Å². The van der Waals surface area contributed by atoms with Crippen molar-refractivity contribution in [2.24, 2.45) is 0 Å². The highest BCUT2D eigenvalue weighted by Gasteiger charge is 2.19. The average molecular weight is 548 g/mol. The Morgan fingerprint density at radius 3 is 1.53 bits per heavy atom. The summed E-state index contributed by atoms with van der Waals surface area (Å²) < 4.78 is 11.8. The monoisotopic (exact) mass is 546 g/mol. The first-order valence-electron chi connectivity index (χ1n) is 11.3. The molecule has 0 aromatic heterocycles.